The van der Waals surface area contributed by atoms with Crippen LogP contribution in [0.4, 0.5) is 5.69 Å². The summed E-state index contributed by atoms with van der Waals surface area (Å²) in [6.45, 7) is 0.811. The van der Waals surface area contributed by atoms with Gasteiger partial charge in [0.15, 0.2) is 0 Å². The highest BCUT2D eigenvalue weighted by atomic mass is 35.5. The molecule has 3 N–H and O–H groups in total. The van der Waals surface area contributed by atoms with E-state index < -0.39 is 0 Å². The lowest BCUT2D eigenvalue weighted by Crippen LogP contribution is -2.31. The number of aryl methyl sites for hydroxylation is 1. The van der Waals surface area contributed by atoms with Gasteiger partial charge in [0.05, 0.1) is 18.2 Å². The monoisotopic (exact) mass is 374 g/mol. The first-order chi connectivity index (χ1) is 12.6. The smallest absolute Gasteiger partial charge is 0.255 e. The summed E-state index contributed by atoms with van der Waals surface area (Å²) in [4.78, 5) is 12.9. The SMILES string of the molecule is COCCOc1ccc(Cl)cc1C(=O)NC1CCCc2cc(N)ccc21. The maximum atomic E-state index is 12.9. The van der Waals surface area contributed by atoms with Crippen molar-refractivity contribution in [3.8, 4) is 5.75 Å². The van der Waals surface area contributed by atoms with E-state index in [1.807, 2.05) is 18.2 Å². The number of fused-ring (bicyclic) bond motifs is 1. The molecule has 1 atom stereocenters. The molecule has 0 saturated carbocycles. The number of rotatable bonds is 6. The van der Waals surface area contributed by atoms with E-state index in [-0.39, 0.29) is 11.9 Å². The van der Waals surface area contributed by atoms with Gasteiger partial charge < -0.3 is 20.5 Å². The van der Waals surface area contributed by atoms with E-state index in [0.29, 0.717) is 29.5 Å². The van der Waals surface area contributed by atoms with E-state index >= 15 is 0 Å². The van der Waals surface area contributed by atoms with E-state index in [2.05, 4.69) is 5.32 Å². The zero-order chi connectivity index (χ0) is 18.5. The predicted molar refractivity (Wildman–Crippen MR) is 103 cm³/mol. The summed E-state index contributed by atoms with van der Waals surface area (Å²) in [7, 11) is 1.60. The highest BCUT2D eigenvalue weighted by molar-refractivity contribution is 6.31. The molecule has 0 saturated heterocycles. The van der Waals surface area contributed by atoms with E-state index in [9.17, 15) is 4.79 Å². The van der Waals surface area contributed by atoms with Crippen LogP contribution in [0.5, 0.6) is 5.75 Å². The quantitative estimate of drug-likeness (QED) is 0.596. The van der Waals surface area contributed by atoms with Crippen LogP contribution in [0.25, 0.3) is 0 Å². The predicted octanol–water partition coefficient (Wildman–Crippen LogP) is 3.75. The molecule has 0 spiro atoms. The molecule has 6 heteroatoms. The summed E-state index contributed by atoms with van der Waals surface area (Å²) in [5.74, 6) is 0.298. The van der Waals surface area contributed by atoms with Gasteiger partial charge in [-0.3, -0.25) is 4.79 Å². The van der Waals surface area contributed by atoms with Crippen LogP contribution in [0.2, 0.25) is 5.02 Å². The Balaban J connectivity index is 1.80. The normalized spacial score (nSPS) is 16.0. The summed E-state index contributed by atoms with van der Waals surface area (Å²) in [6, 6.07) is 10.9. The number of nitrogens with two attached hydrogens (primary N) is 1. The molecule has 1 aliphatic rings. The molecule has 3 rings (SSSR count). The Hall–Kier alpha value is -2.24. The minimum atomic E-state index is -0.199. The van der Waals surface area contributed by atoms with Crippen molar-refractivity contribution in [2.45, 2.75) is 25.3 Å². The van der Waals surface area contributed by atoms with Crippen LogP contribution >= 0.6 is 11.6 Å². The summed E-state index contributed by atoms with van der Waals surface area (Å²) in [5.41, 5.74) is 9.39. The van der Waals surface area contributed by atoms with Gasteiger partial charge in [0.25, 0.3) is 5.91 Å². The van der Waals surface area contributed by atoms with Gasteiger partial charge in [-0.1, -0.05) is 17.7 Å². The fraction of sp³-hybridized carbons (Fsp3) is 0.350. The van der Waals surface area contributed by atoms with Gasteiger partial charge in [0, 0.05) is 17.8 Å². The highest BCUT2D eigenvalue weighted by Crippen LogP contribution is 2.32. The lowest BCUT2D eigenvalue weighted by atomic mass is 9.87. The van der Waals surface area contributed by atoms with Gasteiger partial charge in [-0.25, -0.2) is 0 Å². The van der Waals surface area contributed by atoms with Crippen LogP contribution in [0.1, 0.15) is 40.4 Å². The number of hydrogen-bond donors (Lipinski definition) is 2. The van der Waals surface area contributed by atoms with Gasteiger partial charge >= 0.3 is 0 Å². The number of carbonyl (C=O) groups excluding carboxylic acids is 1. The van der Waals surface area contributed by atoms with Crippen molar-refractivity contribution < 1.29 is 14.3 Å². The van der Waals surface area contributed by atoms with Crippen LogP contribution in [0.15, 0.2) is 36.4 Å². The second-order valence-electron chi connectivity index (χ2n) is 6.36. The van der Waals surface area contributed by atoms with Crippen molar-refractivity contribution in [3.05, 3.63) is 58.1 Å². The van der Waals surface area contributed by atoms with E-state index in [0.717, 1.165) is 30.5 Å². The number of anilines is 1. The average Bonchev–Trinajstić information content (AvgIpc) is 2.63. The maximum absolute atomic E-state index is 12.9. The largest absolute Gasteiger partial charge is 0.490 e. The number of nitrogen functional groups attached to an aromatic ring is 1. The Bertz CT molecular complexity index is 795. The molecule has 2 aromatic carbocycles. The van der Waals surface area contributed by atoms with Crippen LogP contribution in [0, 0.1) is 0 Å². The molecule has 138 valence electrons. The van der Waals surface area contributed by atoms with E-state index in [4.69, 9.17) is 26.8 Å². The van der Waals surface area contributed by atoms with Crippen molar-refractivity contribution in [1.29, 1.82) is 0 Å². The number of methoxy groups -OCH3 is 1. The summed E-state index contributed by atoms with van der Waals surface area (Å²) >= 11 is 6.09. The Morgan fingerprint density at radius 1 is 1.27 bits per heavy atom. The summed E-state index contributed by atoms with van der Waals surface area (Å²) in [5, 5.41) is 3.61. The molecule has 26 heavy (non-hydrogen) atoms. The molecule has 0 heterocycles. The molecule has 1 unspecified atom stereocenters. The highest BCUT2D eigenvalue weighted by Gasteiger charge is 2.24. The zero-order valence-electron chi connectivity index (χ0n) is 14.8. The third-order valence-electron chi connectivity index (χ3n) is 4.52. The number of halogens is 1. The van der Waals surface area contributed by atoms with Gasteiger partial charge in [0.1, 0.15) is 12.4 Å². The van der Waals surface area contributed by atoms with Crippen molar-refractivity contribution in [1.82, 2.24) is 5.32 Å². The van der Waals surface area contributed by atoms with Crippen LogP contribution in [-0.2, 0) is 11.2 Å². The Morgan fingerprint density at radius 2 is 2.12 bits per heavy atom. The first kappa shape index (κ1) is 18.5. The van der Waals surface area contributed by atoms with Gasteiger partial charge in [-0.2, -0.15) is 0 Å². The van der Waals surface area contributed by atoms with Crippen molar-refractivity contribution in [2.24, 2.45) is 0 Å². The van der Waals surface area contributed by atoms with Crippen LogP contribution in [-0.4, -0.2) is 26.2 Å². The lowest BCUT2D eigenvalue weighted by Gasteiger charge is -2.27. The van der Waals surface area contributed by atoms with Gasteiger partial charge in [-0.15, -0.1) is 0 Å². The van der Waals surface area contributed by atoms with E-state index in [1.54, 1.807) is 25.3 Å². The number of ether oxygens (including phenoxy) is 2. The average molecular weight is 375 g/mol. The zero-order valence-corrected chi connectivity index (χ0v) is 15.5. The first-order valence-corrected chi connectivity index (χ1v) is 9.06. The van der Waals surface area contributed by atoms with Crippen LogP contribution < -0.4 is 15.8 Å². The molecule has 0 fully saturated rings. The standard InChI is InChI=1S/C20H23ClN2O3/c1-25-9-10-26-19-8-5-14(21)12-17(19)20(24)23-18-4-2-3-13-11-15(22)6-7-16(13)18/h5-8,11-12,18H,2-4,9-10,22H2,1H3,(H,23,24). The Labute approximate surface area is 158 Å². The summed E-state index contributed by atoms with van der Waals surface area (Å²) in [6.07, 6.45) is 2.88. The molecule has 1 amide bonds. The topological polar surface area (TPSA) is 73.6 Å². The van der Waals surface area contributed by atoms with Gasteiger partial charge in [-0.05, 0) is 60.7 Å². The Morgan fingerprint density at radius 3 is 2.92 bits per heavy atom. The number of carbonyl (C=O) groups is 1. The Kier molecular flexibility index (Phi) is 6.01. The fourth-order valence-corrected chi connectivity index (χ4v) is 3.43. The van der Waals surface area contributed by atoms with Crippen LogP contribution in [0.3, 0.4) is 0 Å². The van der Waals surface area contributed by atoms with E-state index in [1.165, 1.54) is 5.56 Å². The first-order valence-electron chi connectivity index (χ1n) is 8.69. The molecular formula is C20H23ClN2O3. The minimum absolute atomic E-state index is 0.0438. The van der Waals surface area contributed by atoms with Crippen molar-refractivity contribution in [3.63, 3.8) is 0 Å². The molecular weight excluding hydrogens is 352 g/mol. The summed E-state index contributed by atoms with van der Waals surface area (Å²) < 4.78 is 10.7. The third kappa shape index (κ3) is 4.29. The minimum Gasteiger partial charge on any atom is -0.490 e. The lowest BCUT2D eigenvalue weighted by molar-refractivity contribution is 0.0925. The molecule has 5 nitrogen and oxygen atoms in total. The molecule has 0 aliphatic heterocycles. The number of benzene rings is 2. The molecule has 0 bridgehead atoms. The molecule has 2 aromatic rings. The fourth-order valence-electron chi connectivity index (χ4n) is 3.26. The number of nitrogens with one attached hydrogen (secondary N) is 1. The maximum Gasteiger partial charge on any atom is 0.255 e. The van der Waals surface area contributed by atoms with Crippen molar-refractivity contribution >= 4 is 23.2 Å². The molecule has 0 radical (unpaired) electrons. The third-order valence-corrected chi connectivity index (χ3v) is 4.75. The molecule has 1 aliphatic carbocycles. The van der Waals surface area contributed by atoms with Gasteiger partial charge in [0.2, 0.25) is 0 Å². The number of amides is 1. The second kappa shape index (κ2) is 8.43. The molecule has 0 aromatic heterocycles. The second-order valence-corrected chi connectivity index (χ2v) is 6.79. The van der Waals surface area contributed by atoms with Crippen molar-refractivity contribution in [2.75, 3.05) is 26.1 Å². The number of hydrogen-bond acceptors (Lipinski definition) is 4.